The van der Waals surface area contributed by atoms with Crippen LogP contribution in [0.5, 0.6) is 0 Å². The van der Waals surface area contributed by atoms with Gasteiger partial charge < -0.3 is 49.6 Å². The lowest BCUT2D eigenvalue weighted by Crippen LogP contribution is -2.66. The smallest absolute Gasteiger partial charge is 0.309 e. The Morgan fingerprint density at radius 3 is 2.21 bits per heavy atom. The highest BCUT2D eigenvalue weighted by atomic mass is 32.1. The number of aliphatic hydroxyl groups excluding tert-OH is 1. The summed E-state index contributed by atoms with van der Waals surface area (Å²) in [5, 5.41) is 39.7. The van der Waals surface area contributed by atoms with Gasteiger partial charge in [-0.3, -0.25) is 9.59 Å². The van der Waals surface area contributed by atoms with Crippen molar-refractivity contribution < 1.29 is 48.6 Å². The number of ether oxygens (including phenoxy) is 5. The van der Waals surface area contributed by atoms with E-state index in [1.54, 1.807) is 14.0 Å². The van der Waals surface area contributed by atoms with Gasteiger partial charge in [0.1, 0.15) is 11.8 Å². The quantitative estimate of drug-likeness (QED) is 0.104. The summed E-state index contributed by atoms with van der Waals surface area (Å²) in [6, 6.07) is -0.445. The molecule has 0 aromatic rings. The van der Waals surface area contributed by atoms with Gasteiger partial charge in [-0.05, 0) is 102 Å². The first-order valence-electron chi connectivity index (χ1n) is 22.0. The SMILES string of the molecule is CCC(C(=O)[C@@H](C)[C@@H](O)[C@H](C)[C@@H]1O[C@@H]([C@@H](CC)C(=O)O)CC[C@@H]1C)[C@H]1O[C@]2(C=C[C@@H](NC(=S)NC)[C@]3(CC[C@@](C)([C@H]4CC[C@](O)(CC)[C@H](C)O4)O3)O2)[C@H](C)C[C@@H]1C. The Kier molecular flexibility index (Phi) is 14.7. The minimum atomic E-state index is -1.20. The normalized spacial score (nSPS) is 43.6. The van der Waals surface area contributed by atoms with Gasteiger partial charge >= 0.3 is 5.97 Å². The van der Waals surface area contributed by atoms with Crippen molar-refractivity contribution in [1.29, 1.82) is 0 Å². The summed E-state index contributed by atoms with van der Waals surface area (Å²) in [6.07, 6.45) is 7.36. The third-order valence-electron chi connectivity index (χ3n) is 15.0. The number of carbonyl (C=O) groups excluding carboxylic acids is 1. The Morgan fingerprint density at radius 2 is 1.61 bits per heavy atom. The van der Waals surface area contributed by atoms with Crippen LogP contribution in [0.3, 0.4) is 0 Å². The third kappa shape index (κ3) is 9.02. The summed E-state index contributed by atoms with van der Waals surface area (Å²) in [5.74, 6) is -5.47. The zero-order chi connectivity index (χ0) is 42.2. The maximum absolute atomic E-state index is 14.6. The number of Topliss-reactive ketones (excluding diaryl/α,β-unsaturated/α-hetero) is 1. The number of thiocarbonyl (C=S) groups is 1. The molecule has 0 aromatic heterocycles. The molecule has 0 amide bonds. The first kappa shape index (κ1) is 46.4. The van der Waals surface area contributed by atoms with Gasteiger partial charge in [0.25, 0.3) is 0 Å². The van der Waals surface area contributed by atoms with Crippen molar-refractivity contribution in [3.05, 3.63) is 12.2 Å². The predicted octanol–water partition coefficient (Wildman–Crippen LogP) is 6.29. The van der Waals surface area contributed by atoms with Gasteiger partial charge in [0.05, 0.1) is 53.7 Å². The second-order valence-electron chi connectivity index (χ2n) is 18.7. The summed E-state index contributed by atoms with van der Waals surface area (Å²) in [6.45, 7) is 19.9. The zero-order valence-electron chi connectivity index (χ0n) is 36.4. The zero-order valence-corrected chi connectivity index (χ0v) is 37.2. The predicted molar refractivity (Wildman–Crippen MR) is 221 cm³/mol. The van der Waals surface area contributed by atoms with Crippen LogP contribution >= 0.6 is 12.2 Å². The number of hydrogen-bond donors (Lipinski definition) is 5. The Balaban J connectivity index is 1.37. The van der Waals surface area contributed by atoms with Crippen molar-refractivity contribution in [3.8, 4) is 0 Å². The molecule has 0 aliphatic carbocycles. The molecule has 0 radical (unpaired) electrons. The van der Waals surface area contributed by atoms with E-state index in [-0.39, 0.29) is 47.8 Å². The molecule has 18 atom stereocenters. The van der Waals surface area contributed by atoms with E-state index < -0.39 is 70.9 Å². The molecule has 0 aromatic carbocycles. The van der Waals surface area contributed by atoms with Gasteiger partial charge in [-0.25, -0.2) is 0 Å². The van der Waals surface area contributed by atoms with Crippen molar-refractivity contribution in [2.24, 2.45) is 41.4 Å². The number of rotatable bonds is 13. The Morgan fingerprint density at radius 1 is 0.930 bits per heavy atom. The van der Waals surface area contributed by atoms with Crippen LogP contribution < -0.4 is 10.6 Å². The number of ketones is 1. The molecular weight excluding hydrogens is 749 g/mol. The average Bonchev–Trinajstić information content (AvgIpc) is 3.52. The third-order valence-corrected chi connectivity index (χ3v) is 15.3. The lowest BCUT2D eigenvalue weighted by Gasteiger charge is -2.55. The van der Waals surface area contributed by atoms with Gasteiger partial charge in [-0.2, -0.15) is 0 Å². The van der Waals surface area contributed by atoms with E-state index >= 15 is 0 Å². The molecule has 12 nitrogen and oxygen atoms in total. The molecule has 5 heterocycles. The number of aliphatic carboxylic acids is 1. The van der Waals surface area contributed by atoms with Gasteiger partial charge in [0.15, 0.2) is 16.7 Å². The van der Waals surface area contributed by atoms with E-state index in [1.165, 1.54) is 0 Å². The first-order valence-corrected chi connectivity index (χ1v) is 22.4. The van der Waals surface area contributed by atoms with Crippen molar-refractivity contribution in [3.63, 3.8) is 0 Å². The number of aliphatic hydroxyl groups is 2. The summed E-state index contributed by atoms with van der Waals surface area (Å²) >= 11 is 5.58. The number of carbonyl (C=O) groups is 2. The van der Waals surface area contributed by atoms with Gasteiger partial charge in [0.2, 0.25) is 0 Å². The molecule has 5 rings (SSSR count). The maximum Gasteiger partial charge on any atom is 0.309 e. The molecule has 5 aliphatic heterocycles. The lowest BCUT2D eigenvalue weighted by atomic mass is 9.72. The van der Waals surface area contributed by atoms with Crippen LogP contribution in [0.15, 0.2) is 12.2 Å². The summed E-state index contributed by atoms with van der Waals surface area (Å²) < 4.78 is 34.5. The van der Waals surface area contributed by atoms with Gasteiger partial charge in [-0.15, -0.1) is 0 Å². The number of carboxylic acid groups (broad SMARTS) is 1. The Labute approximate surface area is 346 Å². The summed E-state index contributed by atoms with van der Waals surface area (Å²) in [7, 11) is 1.77. The van der Waals surface area contributed by atoms with E-state index in [2.05, 4.69) is 38.3 Å². The Bertz CT molecular complexity index is 1470. The molecule has 326 valence electrons. The fraction of sp³-hybridized carbons (Fsp3) is 0.886. The first-order chi connectivity index (χ1) is 26.7. The van der Waals surface area contributed by atoms with Crippen LogP contribution in [0, 0.1) is 41.4 Å². The van der Waals surface area contributed by atoms with Crippen LogP contribution in [0.1, 0.15) is 133 Å². The highest BCUT2D eigenvalue weighted by molar-refractivity contribution is 7.80. The molecule has 4 saturated heterocycles. The molecule has 1 unspecified atom stereocenters. The van der Waals surface area contributed by atoms with Crippen molar-refractivity contribution in [1.82, 2.24) is 10.6 Å². The molecule has 4 fully saturated rings. The number of carboxylic acids is 1. The monoisotopic (exact) mass is 823 g/mol. The van der Waals surface area contributed by atoms with E-state index in [4.69, 9.17) is 35.9 Å². The molecule has 5 N–H and O–H groups in total. The molecule has 13 heteroatoms. The van der Waals surface area contributed by atoms with Crippen molar-refractivity contribution in [2.45, 2.75) is 199 Å². The van der Waals surface area contributed by atoms with Crippen LogP contribution in [-0.2, 0) is 33.3 Å². The van der Waals surface area contributed by atoms with Crippen LogP contribution in [0.2, 0.25) is 0 Å². The molecular formula is C44H74N2O10S. The largest absolute Gasteiger partial charge is 0.481 e. The van der Waals surface area contributed by atoms with Crippen molar-refractivity contribution in [2.75, 3.05) is 7.05 Å². The van der Waals surface area contributed by atoms with E-state index in [1.807, 2.05) is 46.8 Å². The highest BCUT2D eigenvalue weighted by Crippen LogP contribution is 2.54. The van der Waals surface area contributed by atoms with Crippen LogP contribution in [0.25, 0.3) is 0 Å². The molecule has 0 bridgehead atoms. The van der Waals surface area contributed by atoms with Crippen LogP contribution in [0.4, 0.5) is 0 Å². The molecule has 5 aliphatic rings. The minimum absolute atomic E-state index is 0.0237. The second-order valence-corrected chi connectivity index (χ2v) is 19.1. The molecule has 57 heavy (non-hydrogen) atoms. The van der Waals surface area contributed by atoms with Crippen LogP contribution in [-0.4, -0.2) is 105 Å². The van der Waals surface area contributed by atoms with E-state index in [9.17, 15) is 24.9 Å². The average molecular weight is 823 g/mol. The highest BCUT2D eigenvalue weighted by Gasteiger charge is 2.63. The minimum Gasteiger partial charge on any atom is -0.481 e. The fourth-order valence-electron chi connectivity index (χ4n) is 10.9. The second kappa shape index (κ2) is 18.1. The van der Waals surface area contributed by atoms with E-state index in [0.29, 0.717) is 56.5 Å². The summed E-state index contributed by atoms with van der Waals surface area (Å²) in [5.41, 5.74) is -1.59. The van der Waals surface area contributed by atoms with Gasteiger partial charge in [-0.1, -0.05) is 61.5 Å². The van der Waals surface area contributed by atoms with Crippen molar-refractivity contribution >= 4 is 29.1 Å². The maximum atomic E-state index is 14.6. The standard InChI is InChI=1S/C44H74N2O10S/c1-12-30(39(49)50)32-16-15-24(4)37(53-32)28(8)35(47)27(7)36(48)31(13-2)38-25(5)23-26(6)43(54-38)20-17-33(46-40(57)45-11)44(56-43)22-21-41(10,55-44)34-18-19-42(51,14-3)29(9)52-34/h17,20,24-35,37-38,47,51H,12-16,18-19,21-23H2,1-11H3,(H,49,50)(H2,45,46,57)/t24-,25-,26+,27-,28-,29-,30+,31?,32+,33+,34+,35+,37+,38-,41-,42+,43-,44-/m0/s1. The fourth-order valence-corrected chi connectivity index (χ4v) is 11.0. The van der Waals surface area contributed by atoms with Gasteiger partial charge in [0, 0.05) is 37.1 Å². The topological polar surface area (TPSA) is 165 Å². The molecule has 2 spiro atoms. The molecule has 0 saturated carbocycles. The van der Waals surface area contributed by atoms with E-state index in [0.717, 1.165) is 12.8 Å². The Hall–Kier alpha value is -1.71. The summed E-state index contributed by atoms with van der Waals surface area (Å²) in [4.78, 5) is 26.6. The number of nitrogens with one attached hydrogen (secondary N) is 2. The number of hydrogen-bond acceptors (Lipinski definition) is 10. The lowest BCUT2D eigenvalue weighted by molar-refractivity contribution is -0.397.